The van der Waals surface area contributed by atoms with Gasteiger partial charge < -0.3 is 0 Å². The Morgan fingerprint density at radius 1 is 1.00 bits per heavy atom. The van der Waals surface area contributed by atoms with Crippen LogP contribution in [0.15, 0.2) is 38.2 Å². The van der Waals surface area contributed by atoms with Crippen LogP contribution in [0.25, 0.3) is 0 Å². The second-order valence-electron chi connectivity index (χ2n) is 0.990. The lowest BCUT2D eigenvalue weighted by atomic mass is 10.7. The van der Waals surface area contributed by atoms with Crippen molar-refractivity contribution < 1.29 is 0 Å². The number of hydrogen-bond donors (Lipinski definition) is 0. The maximum absolute atomic E-state index is 3.42. The molecule has 0 amide bonds. The average Bonchev–Trinajstić information content (AvgIpc) is 1.62. The Bertz CT molecular complexity index is 109. The highest BCUT2D eigenvalue weighted by atomic mass is 15.5. The van der Waals surface area contributed by atoms with Gasteiger partial charge in [-0.15, -0.1) is 10.2 Å². The molecule has 0 N–H and O–H groups in total. The summed E-state index contributed by atoms with van der Waals surface area (Å²) in [6.07, 6.45) is 4.56. The van der Waals surface area contributed by atoms with E-state index >= 15 is 0 Å². The highest BCUT2D eigenvalue weighted by Gasteiger charge is 1.68. The van der Waals surface area contributed by atoms with Gasteiger partial charge >= 0.3 is 0 Å². The molecule has 40 valence electrons. The first-order valence-electron chi connectivity index (χ1n) is 1.98. The molecule has 0 atom stereocenters. The minimum absolute atomic E-state index is 1.47. The summed E-state index contributed by atoms with van der Waals surface area (Å²) in [5.74, 6) is 0. The number of rotatable bonds is 0. The van der Waals surface area contributed by atoms with Gasteiger partial charge in [-0.1, -0.05) is 0 Å². The van der Waals surface area contributed by atoms with Gasteiger partial charge in [-0.2, -0.15) is 0 Å². The molecule has 5 nitrogen and oxygen atoms in total. The van der Waals surface area contributed by atoms with E-state index in [4.69, 9.17) is 0 Å². The van der Waals surface area contributed by atoms with Gasteiger partial charge in [-0.3, -0.25) is 0 Å². The molecule has 0 radical (unpaired) electrons. The summed E-state index contributed by atoms with van der Waals surface area (Å²) in [5, 5.41) is 16.4. The van der Waals surface area contributed by atoms with Crippen molar-refractivity contribution in [3.8, 4) is 0 Å². The topological polar surface area (TPSA) is 61.8 Å². The van der Waals surface area contributed by atoms with Crippen molar-refractivity contribution in [2.45, 2.75) is 0 Å². The molecule has 1 rings (SSSR count). The number of nitrogens with zero attached hydrogens (tertiary/aromatic N) is 5. The van der Waals surface area contributed by atoms with Gasteiger partial charge in [-0.25, -0.2) is 0 Å². The van der Waals surface area contributed by atoms with Crippen LogP contribution in [0.4, 0.5) is 0 Å². The Kier molecular flexibility index (Phi) is 1.62. The van der Waals surface area contributed by atoms with Crippen LogP contribution in [0, 0.1) is 0 Å². The standard InChI is InChI=1S/C3H3N5/c1-2-4-6-8-7-5-3-1/h1-3H/b2-1-,3-1?,4-2?,5-3-,6-4-,7-5?,8-6?,8-7-. The third-order valence-corrected chi connectivity index (χ3v) is 0.489. The predicted molar refractivity (Wildman–Crippen MR) is 27.3 cm³/mol. The highest BCUT2D eigenvalue weighted by molar-refractivity contribution is 5.70. The molecule has 0 aromatic heterocycles. The van der Waals surface area contributed by atoms with Gasteiger partial charge in [-0.05, 0) is 21.7 Å². The molecule has 0 aliphatic carbocycles. The Labute approximate surface area is 45.5 Å². The minimum Gasteiger partial charge on any atom is -0.137 e. The van der Waals surface area contributed by atoms with E-state index in [-0.39, 0.29) is 0 Å². The van der Waals surface area contributed by atoms with Crippen LogP contribution in [-0.2, 0) is 0 Å². The Hall–Kier alpha value is -1.39. The van der Waals surface area contributed by atoms with Gasteiger partial charge in [0.1, 0.15) is 0 Å². The van der Waals surface area contributed by atoms with Crippen molar-refractivity contribution in [3.63, 3.8) is 0 Å². The highest BCUT2D eigenvalue weighted by Crippen LogP contribution is 1.85. The van der Waals surface area contributed by atoms with Gasteiger partial charge in [0.2, 0.25) is 0 Å². The van der Waals surface area contributed by atoms with E-state index in [2.05, 4.69) is 25.9 Å². The zero-order valence-corrected chi connectivity index (χ0v) is 3.97. The fraction of sp³-hybridized carbons (Fsp3) is 0. The number of hydrogen-bond acceptors (Lipinski definition) is 5. The Balaban J connectivity index is 2.67. The molecule has 1 aliphatic heterocycles. The largest absolute Gasteiger partial charge is 0.137 e. The zero-order chi connectivity index (χ0) is 5.66. The maximum Gasteiger partial charge on any atom is 0.0530 e. The van der Waals surface area contributed by atoms with Crippen molar-refractivity contribution in [3.05, 3.63) is 12.3 Å². The molecular weight excluding hydrogens is 106 g/mol. The summed E-state index contributed by atoms with van der Waals surface area (Å²) < 4.78 is 0. The third-order valence-electron chi connectivity index (χ3n) is 0.489. The second kappa shape index (κ2) is 2.73. The lowest BCUT2D eigenvalue weighted by molar-refractivity contribution is 0.891. The van der Waals surface area contributed by atoms with Gasteiger partial charge in [0.15, 0.2) is 0 Å². The summed E-state index contributed by atoms with van der Waals surface area (Å²) in [4.78, 5) is 0. The maximum atomic E-state index is 3.42. The summed E-state index contributed by atoms with van der Waals surface area (Å²) in [7, 11) is 0. The third kappa shape index (κ3) is 1.38. The molecule has 8 heavy (non-hydrogen) atoms. The number of allylic oxidation sites excluding steroid dienone is 1. The van der Waals surface area contributed by atoms with Crippen molar-refractivity contribution in [2.24, 2.45) is 25.9 Å². The van der Waals surface area contributed by atoms with Gasteiger partial charge in [0.25, 0.3) is 0 Å². The van der Waals surface area contributed by atoms with Crippen LogP contribution < -0.4 is 0 Å². The molecule has 0 unspecified atom stereocenters. The smallest absolute Gasteiger partial charge is 0.0530 e. The minimum atomic E-state index is 1.47. The van der Waals surface area contributed by atoms with E-state index in [1.807, 2.05) is 0 Å². The molecule has 0 spiro atoms. The quantitative estimate of drug-likeness (QED) is 0.450. The van der Waals surface area contributed by atoms with Crippen LogP contribution in [0.5, 0.6) is 0 Å². The van der Waals surface area contributed by atoms with E-state index < -0.39 is 0 Å². The molecule has 0 bridgehead atoms. The van der Waals surface area contributed by atoms with Crippen molar-refractivity contribution in [1.29, 1.82) is 0 Å². The average molecular weight is 109 g/mol. The Morgan fingerprint density at radius 3 is 3.00 bits per heavy atom. The molecule has 0 aromatic rings. The monoisotopic (exact) mass is 109 g/mol. The SMILES string of the molecule is C1=C\N=N/N=N\N=C/1. The van der Waals surface area contributed by atoms with Crippen molar-refractivity contribution in [2.75, 3.05) is 0 Å². The predicted octanol–water partition coefficient (Wildman–Crippen LogP) is 1.32. The van der Waals surface area contributed by atoms with Crippen LogP contribution in [0.2, 0.25) is 0 Å². The molecule has 0 aromatic carbocycles. The van der Waals surface area contributed by atoms with Gasteiger partial charge in [0.05, 0.1) is 12.4 Å². The second-order valence-corrected chi connectivity index (χ2v) is 0.990. The van der Waals surface area contributed by atoms with E-state index in [0.717, 1.165) is 0 Å². The molecule has 1 aliphatic rings. The van der Waals surface area contributed by atoms with Crippen LogP contribution in [-0.4, -0.2) is 6.21 Å². The summed E-state index contributed by atoms with van der Waals surface area (Å²) in [6, 6.07) is 0. The summed E-state index contributed by atoms with van der Waals surface area (Å²) in [5.41, 5.74) is 0. The van der Waals surface area contributed by atoms with E-state index in [9.17, 15) is 0 Å². The Morgan fingerprint density at radius 2 is 2.00 bits per heavy atom. The first-order valence-corrected chi connectivity index (χ1v) is 1.98. The van der Waals surface area contributed by atoms with E-state index in [1.165, 1.54) is 12.4 Å². The van der Waals surface area contributed by atoms with E-state index in [1.54, 1.807) is 6.08 Å². The normalized spacial score (nSPS) is 32.0. The van der Waals surface area contributed by atoms with E-state index in [0.29, 0.717) is 0 Å². The molecular formula is C3H3N5. The molecule has 5 heteroatoms. The fourth-order valence-corrected chi connectivity index (χ4v) is 0.239. The lowest BCUT2D eigenvalue weighted by Crippen LogP contribution is -1.62. The van der Waals surface area contributed by atoms with Crippen LogP contribution in [0.3, 0.4) is 0 Å². The van der Waals surface area contributed by atoms with Gasteiger partial charge in [0, 0.05) is 0 Å². The summed E-state index contributed by atoms with van der Waals surface area (Å²) in [6.45, 7) is 0. The zero-order valence-electron chi connectivity index (χ0n) is 3.97. The van der Waals surface area contributed by atoms with Crippen LogP contribution in [0.1, 0.15) is 0 Å². The first-order chi connectivity index (χ1) is 4.00. The molecule has 1 heterocycles. The first kappa shape index (κ1) is 4.76. The van der Waals surface area contributed by atoms with Crippen molar-refractivity contribution >= 4 is 6.21 Å². The summed E-state index contributed by atoms with van der Waals surface area (Å²) >= 11 is 0. The lowest BCUT2D eigenvalue weighted by Gasteiger charge is -1.74. The molecule has 0 saturated carbocycles. The molecule has 0 saturated heterocycles. The van der Waals surface area contributed by atoms with Crippen molar-refractivity contribution in [1.82, 2.24) is 0 Å². The fourth-order valence-electron chi connectivity index (χ4n) is 0.239. The molecule has 0 fully saturated rings. The van der Waals surface area contributed by atoms with Crippen LogP contribution >= 0.6 is 0 Å².